The van der Waals surface area contributed by atoms with Crippen molar-refractivity contribution in [1.29, 1.82) is 5.26 Å². The predicted molar refractivity (Wildman–Crippen MR) is 79.2 cm³/mol. The third-order valence-electron chi connectivity index (χ3n) is 6.73. The maximum atomic E-state index is 12.5. The largest absolute Gasteiger partial charge is 0.325 e. The molecular formula is C17H25N3O. The van der Waals surface area contributed by atoms with E-state index in [-0.39, 0.29) is 17.5 Å². The second-order valence-corrected chi connectivity index (χ2v) is 7.98. The Kier molecular flexibility index (Phi) is 3.04. The molecule has 5 fully saturated rings. The van der Waals surface area contributed by atoms with Gasteiger partial charge < -0.3 is 10.2 Å². The Morgan fingerprint density at radius 1 is 1.33 bits per heavy atom. The molecule has 4 aliphatic carbocycles. The topological polar surface area (TPSA) is 56.1 Å². The summed E-state index contributed by atoms with van der Waals surface area (Å²) < 4.78 is 0. The molecule has 0 spiro atoms. The zero-order valence-corrected chi connectivity index (χ0v) is 12.8. The minimum Gasteiger partial charge on any atom is -0.325 e. The zero-order valence-electron chi connectivity index (χ0n) is 12.8. The van der Waals surface area contributed by atoms with Crippen molar-refractivity contribution in [2.45, 2.75) is 57.0 Å². The van der Waals surface area contributed by atoms with Crippen LogP contribution in [0, 0.1) is 35.0 Å². The molecule has 4 heteroatoms. The van der Waals surface area contributed by atoms with Gasteiger partial charge in [0.2, 0.25) is 5.91 Å². The minimum atomic E-state index is -0.215. The monoisotopic (exact) mass is 287 g/mol. The van der Waals surface area contributed by atoms with Crippen molar-refractivity contribution >= 4 is 5.91 Å². The lowest BCUT2D eigenvalue weighted by atomic mass is 9.80. The van der Waals surface area contributed by atoms with Crippen molar-refractivity contribution < 1.29 is 4.79 Å². The minimum absolute atomic E-state index is 0.131. The summed E-state index contributed by atoms with van der Waals surface area (Å²) in [5, 5.41) is 12.9. The third-order valence-corrected chi connectivity index (χ3v) is 6.73. The van der Waals surface area contributed by atoms with E-state index in [1.54, 1.807) is 4.90 Å². The van der Waals surface area contributed by atoms with Crippen molar-refractivity contribution in [2.24, 2.45) is 23.7 Å². The normalized spacial score (nSPS) is 47.0. The summed E-state index contributed by atoms with van der Waals surface area (Å²) in [7, 11) is 0. The van der Waals surface area contributed by atoms with Crippen LogP contribution in [0.5, 0.6) is 0 Å². The molecule has 21 heavy (non-hydrogen) atoms. The molecule has 0 aromatic carbocycles. The van der Waals surface area contributed by atoms with Crippen LogP contribution in [0.1, 0.15) is 45.4 Å². The van der Waals surface area contributed by atoms with E-state index >= 15 is 0 Å². The molecule has 4 saturated carbocycles. The van der Waals surface area contributed by atoms with Gasteiger partial charge >= 0.3 is 0 Å². The smallest absolute Gasteiger partial charge is 0.237 e. The van der Waals surface area contributed by atoms with E-state index in [0.717, 1.165) is 30.7 Å². The Labute approximate surface area is 126 Å². The van der Waals surface area contributed by atoms with E-state index in [2.05, 4.69) is 18.3 Å². The summed E-state index contributed by atoms with van der Waals surface area (Å²) in [6.07, 6.45) is 7.69. The number of hydrogen-bond donors (Lipinski definition) is 1. The SMILES string of the molecule is CC1CCN(C(=O)CNC23C[C@@H]4CC2C[C@@H](C4)C3)[C@@H]1C#N. The molecule has 114 valence electrons. The highest BCUT2D eigenvalue weighted by atomic mass is 16.2. The van der Waals surface area contributed by atoms with Gasteiger partial charge in [-0.05, 0) is 62.2 Å². The summed E-state index contributed by atoms with van der Waals surface area (Å²) >= 11 is 0. The van der Waals surface area contributed by atoms with E-state index < -0.39 is 0 Å². The highest BCUT2D eigenvalue weighted by molar-refractivity contribution is 5.79. The number of likely N-dealkylation sites (tertiary alicyclic amines) is 1. The van der Waals surface area contributed by atoms with Crippen LogP contribution in [-0.4, -0.2) is 35.5 Å². The van der Waals surface area contributed by atoms with Crippen LogP contribution in [0.4, 0.5) is 0 Å². The van der Waals surface area contributed by atoms with Crippen LogP contribution < -0.4 is 5.32 Å². The van der Waals surface area contributed by atoms with Crippen molar-refractivity contribution in [3.63, 3.8) is 0 Å². The number of nitriles is 1. The van der Waals surface area contributed by atoms with Gasteiger partial charge in [0, 0.05) is 12.1 Å². The fourth-order valence-corrected chi connectivity index (χ4v) is 5.86. The molecular weight excluding hydrogens is 262 g/mol. The van der Waals surface area contributed by atoms with Gasteiger partial charge in [-0.1, -0.05) is 6.92 Å². The van der Waals surface area contributed by atoms with E-state index in [1.165, 1.54) is 32.1 Å². The summed E-state index contributed by atoms with van der Waals surface area (Å²) in [6, 6.07) is 2.09. The van der Waals surface area contributed by atoms with Gasteiger partial charge in [0.25, 0.3) is 0 Å². The maximum absolute atomic E-state index is 12.5. The molecule has 6 atom stereocenters. The van der Waals surface area contributed by atoms with Crippen LogP contribution >= 0.6 is 0 Å². The highest BCUT2D eigenvalue weighted by Gasteiger charge is 2.57. The molecule has 0 aromatic heterocycles. The van der Waals surface area contributed by atoms with Crippen LogP contribution in [0.2, 0.25) is 0 Å². The second kappa shape index (κ2) is 4.71. The van der Waals surface area contributed by atoms with Gasteiger partial charge in [0.15, 0.2) is 0 Å². The standard InChI is InChI=1S/C17H25N3O/c1-11-2-3-20(15(11)9-18)16(21)10-19-17-7-12-4-13(8-17)6-14(17)5-12/h11-15,19H,2-8,10H2,1H3/t11?,12-,13+,14?,15-,17?/m1/s1. The molecule has 5 rings (SSSR count). The van der Waals surface area contributed by atoms with Crippen LogP contribution in [0.15, 0.2) is 0 Å². The lowest BCUT2D eigenvalue weighted by molar-refractivity contribution is -0.130. The lowest BCUT2D eigenvalue weighted by Gasteiger charge is -2.34. The van der Waals surface area contributed by atoms with Gasteiger partial charge in [-0.2, -0.15) is 5.26 Å². The fraction of sp³-hybridized carbons (Fsp3) is 0.882. The molecule has 1 saturated heterocycles. The zero-order chi connectivity index (χ0) is 14.6. The fourth-order valence-electron chi connectivity index (χ4n) is 5.86. The first kappa shape index (κ1) is 13.6. The first-order chi connectivity index (χ1) is 10.1. The first-order valence-electron chi connectivity index (χ1n) is 8.55. The maximum Gasteiger partial charge on any atom is 0.237 e. The van der Waals surface area contributed by atoms with E-state index in [4.69, 9.17) is 0 Å². The quantitative estimate of drug-likeness (QED) is 0.862. The lowest BCUT2D eigenvalue weighted by Crippen LogP contribution is -2.51. The molecule has 0 aromatic rings. The molecule has 1 N–H and O–H groups in total. The Balaban J connectivity index is 1.39. The average Bonchev–Trinajstić information content (AvgIpc) is 3.03. The Bertz CT molecular complexity index is 483. The van der Waals surface area contributed by atoms with Gasteiger partial charge in [0.05, 0.1) is 12.6 Å². The molecule has 3 unspecified atom stereocenters. The number of nitrogens with zero attached hydrogens (tertiary/aromatic N) is 2. The highest BCUT2D eigenvalue weighted by Crippen LogP contribution is 2.60. The molecule has 1 heterocycles. The van der Waals surface area contributed by atoms with E-state index in [1.807, 2.05) is 0 Å². The Morgan fingerprint density at radius 3 is 2.71 bits per heavy atom. The van der Waals surface area contributed by atoms with E-state index in [0.29, 0.717) is 12.5 Å². The average molecular weight is 287 g/mol. The first-order valence-corrected chi connectivity index (χ1v) is 8.55. The van der Waals surface area contributed by atoms with Crippen molar-refractivity contribution in [2.75, 3.05) is 13.1 Å². The summed E-state index contributed by atoms with van der Waals surface area (Å²) in [5.41, 5.74) is 0.261. The van der Waals surface area contributed by atoms with Crippen molar-refractivity contribution in [3.8, 4) is 6.07 Å². The van der Waals surface area contributed by atoms with Crippen LogP contribution in [0.3, 0.4) is 0 Å². The number of carbonyl (C=O) groups is 1. The summed E-state index contributed by atoms with van der Waals surface area (Å²) in [4.78, 5) is 14.3. The Morgan fingerprint density at radius 2 is 2.05 bits per heavy atom. The van der Waals surface area contributed by atoms with Gasteiger partial charge in [-0.15, -0.1) is 0 Å². The van der Waals surface area contributed by atoms with Gasteiger partial charge in [-0.25, -0.2) is 0 Å². The number of amides is 1. The molecule has 1 aliphatic heterocycles. The molecule has 1 amide bonds. The van der Waals surface area contributed by atoms with Crippen LogP contribution in [-0.2, 0) is 4.79 Å². The number of carbonyl (C=O) groups excluding carboxylic acids is 1. The summed E-state index contributed by atoms with van der Waals surface area (Å²) in [5.74, 6) is 3.06. The molecule has 5 aliphatic rings. The number of hydrogen-bond acceptors (Lipinski definition) is 3. The molecule has 0 radical (unpaired) electrons. The van der Waals surface area contributed by atoms with Crippen molar-refractivity contribution in [1.82, 2.24) is 10.2 Å². The predicted octanol–water partition coefficient (Wildman–Crippen LogP) is 1.92. The van der Waals surface area contributed by atoms with Crippen molar-refractivity contribution in [3.05, 3.63) is 0 Å². The van der Waals surface area contributed by atoms with Gasteiger partial charge in [-0.3, -0.25) is 4.79 Å². The summed E-state index contributed by atoms with van der Waals surface area (Å²) in [6.45, 7) is 3.26. The second-order valence-electron chi connectivity index (χ2n) is 7.98. The Hall–Kier alpha value is -1.08. The molecule has 4 bridgehead atoms. The third kappa shape index (κ3) is 2.01. The number of nitrogens with one attached hydrogen (secondary N) is 1. The van der Waals surface area contributed by atoms with E-state index in [9.17, 15) is 10.1 Å². The van der Waals surface area contributed by atoms with Crippen LogP contribution in [0.25, 0.3) is 0 Å². The van der Waals surface area contributed by atoms with Gasteiger partial charge in [0.1, 0.15) is 6.04 Å². The molecule has 4 nitrogen and oxygen atoms in total. The number of rotatable bonds is 3.